The number of nitrogens with one attached hydrogen (secondary N) is 1. The SMILES string of the molecule is C[C@H](N)C(=O)NCc1ccc2occc2c1. The van der Waals surface area contributed by atoms with Crippen molar-refractivity contribution < 1.29 is 9.21 Å². The number of rotatable bonds is 3. The first-order chi connectivity index (χ1) is 7.66. The Balaban J connectivity index is 2.06. The van der Waals surface area contributed by atoms with Crippen molar-refractivity contribution in [2.75, 3.05) is 0 Å². The molecule has 4 heteroatoms. The highest BCUT2D eigenvalue weighted by atomic mass is 16.3. The standard InChI is InChI=1S/C12H14N2O2/c1-8(13)12(15)14-7-9-2-3-11-10(6-9)4-5-16-11/h2-6,8H,7,13H2,1H3,(H,14,15)/t8-/m0/s1. The zero-order valence-electron chi connectivity index (χ0n) is 9.07. The third-order valence-electron chi connectivity index (χ3n) is 2.40. The fourth-order valence-electron chi connectivity index (χ4n) is 1.48. The van der Waals surface area contributed by atoms with Crippen LogP contribution >= 0.6 is 0 Å². The highest BCUT2D eigenvalue weighted by Crippen LogP contribution is 2.16. The molecule has 0 aliphatic carbocycles. The molecule has 1 heterocycles. The highest BCUT2D eigenvalue weighted by Gasteiger charge is 2.06. The number of nitrogens with two attached hydrogens (primary N) is 1. The topological polar surface area (TPSA) is 68.3 Å². The fourth-order valence-corrected chi connectivity index (χ4v) is 1.48. The molecule has 2 aromatic rings. The molecule has 1 amide bonds. The predicted octanol–water partition coefficient (Wildman–Crippen LogP) is 1.40. The first-order valence-electron chi connectivity index (χ1n) is 5.16. The zero-order valence-corrected chi connectivity index (χ0v) is 9.07. The van der Waals surface area contributed by atoms with Crippen LogP contribution in [0.2, 0.25) is 0 Å². The number of carbonyl (C=O) groups is 1. The summed E-state index contributed by atoms with van der Waals surface area (Å²) in [4.78, 5) is 11.3. The minimum absolute atomic E-state index is 0.146. The summed E-state index contributed by atoms with van der Waals surface area (Å²) in [5.41, 5.74) is 7.33. The maximum atomic E-state index is 11.3. The Kier molecular flexibility index (Phi) is 2.92. The summed E-state index contributed by atoms with van der Waals surface area (Å²) in [6, 6.07) is 7.22. The number of amides is 1. The molecule has 1 atom stereocenters. The molecule has 0 radical (unpaired) electrons. The van der Waals surface area contributed by atoms with E-state index >= 15 is 0 Å². The van der Waals surface area contributed by atoms with Gasteiger partial charge in [-0.2, -0.15) is 0 Å². The molecule has 0 aliphatic rings. The van der Waals surface area contributed by atoms with Crippen LogP contribution in [-0.4, -0.2) is 11.9 Å². The van der Waals surface area contributed by atoms with E-state index in [0.717, 1.165) is 16.5 Å². The Morgan fingerprint density at radius 2 is 2.31 bits per heavy atom. The lowest BCUT2D eigenvalue weighted by Gasteiger charge is -2.07. The smallest absolute Gasteiger partial charge is 0.236 e. The Morgan fingerprint density at radius 3 is 3.06 bits per heavy atom. The Hall–Kier alpha value is -1.81. The van der Waals surface area contributed by atoms with Gasteiger partial charge in [0.1, 0.15) is 5.58 Å². The van der Waals surface area contributed by atoms with Crippen molar-refractivity contribution in [1.29, 1.82) is 0 Å². The number of furan rings is 1. The van der Waals surface area contributed by atoms with Crippen molar-refractivity contribution in [3.63, 3.8) is 0 Å². The summed E-state index contributed by atoms with van der Waals surface area (Å²) >= 11 is 0. The third-order valence-corrected chi connectivity index (χ3v) is 2.40. The van der Waals surface area contributed by atoms with Crippen molar-refractivity contribution >= 4 is 16.9 Å². The molecule has 1 aromatic carbocycles. The highest BCUT2D eigenvalue weighted by molar-refractivity contribution is 5.81. The summed E-state index contributed by atoms with van der Waals surface area (Å²) in [6.45, 7) is 2.15. The molecule has 0 bridgehead atoms. The molecule has 84 valence electrons. The van der Waals surface area contributed by atoms with Crippen LogP contribution in [0, 0.1) is 0 Å². The number of carbonyl (C=O) groups excluding carboxylic acids is 1. The lowest BCUT2D eigenvalue weighted by molar-refractivity contribution is -0.122. The Morgan fingerprint density at radius 1 is 1.50 bits per heavy atom. The molecule has 0 unspecified atom stereocenters. The molecule has 2 rings (SSSR count). The molecule has 0 aliphatic heterocycles. The van der Waals surface area contributed by atoms with Gasteiger partial charge < -0.3 is 15.5 Å². The average Bonchev–Trinajstić information content (AvgIpc) is 2.72. The van der Waals surface area contributed by atoms with Crippen LogP contribution in [-0.2, 0) is 11.3 Å². The number of benzene rings is 1. The molecule has 1 aromatic heterocycles. The molecule has 0 saturated carbocycles. The zero-order chi connectivity index (χ0) is 11.5. The van der Waals surface area contributed by atoms with Crippen LogP contribution in [0.3, 0.4) is 0 Å². The predicted molar refractivity (Wildman–Crippen MR) is 61.7 cm³/mol. The summed E-state index contributed by atoms with van der Waals surface area (Å²) in [6.07, 6.45) is 1.65. The van der Waals surface area contributed by atoms with Crippen LogP contribution in [0.15, 0.2) is 34.9 Å². The minimum Gasteiger partial charge on any atom is -0.464 e. The number of hydrogen-bond donors (Lipinski definition) is 2. The van der Waals surface area contributed by atoms with E-state index in [1.807, 2.05) is 24.3 Å². The second-order valence-electron chi connectivity index (χ2n) is 3.80. The maximum Gasteiger partial charge on any atom is 0.236 e. The quantitative estimate of drug-likeness (QED) is 0.818. The van der Waals surface area contributed by atoms with Crippen molar-refractivity contribution in [3.05, 3.63) is 36.1 Å². The summed E-state index contributed by atoms with van der Waals surface area (Å²) in [5.74, 6) is -0.146. The van der Waals surface area contributed by atoms with Gasteiger partial charge in [-0.1, -0.05) is 6.07 Å². The van der Waals surface area contributed by atoms with Crippen LogP contribution in [0.25, 0.3) is 11.0 Å². The van der Waals surface area contributed by atoms with Gasteiger partial charge in [0.15, 0.2) is 0 Å². The third kappa shape index (κ3) is 2.23. The van der Waals surface area contributed by atoms with E-state index < -0.39 is 6.04 Å². The summed E-state index contributed by atoms with van der Waals surface area (Å²) < 4.78 is 5.23. The van der Waals surface area contributed by atoms with E-state index in [-0.39, 0.29) is 5.91 Å². The lowest BCUT2D eigenvalue weighted by Crippen LogP contribution is -2.37. The van der Waals surface area contributed by atoms with E-state index in [2.05, 4.69) is 5.32 Å². The molecule has 0 fully saturated rings. The second kappa shape index (κ2) is 4.37. The summed E-state index contributed by atoms with van der Waals surface area (Å²) in [7, 11) is 0. The van der Waals surface area contributed by atoms with Gasteiger partial charge in [0, 0.05) is 11.9 Å². The molecule has 0 spiro atoms. The molecular weight excluding hydrogens is 204 g/mol. The largest absolute Gasteiger partial charge is 0.464 e. The number of hydrogen-bond acceptors (Lipinski definition) is 3. The first kappa shape index (κ1) is 10.7. The van der Waals surface area contributed by atoms with Gasteiger partial charge in [-0.15, -0.1) is 0 Å². The van der Waals surface area contributed by atoms with E-state index in [0.29, 0.717) is 6.54 Å². The first-order valence-corrected chi connectivity index (χ1v) is 5.16. The van der Waals surface area contributed by atoms with E-state index in [1.54, 1.807) is 13.2 Å². The van der Waals surface area contributed by atoms with Crippen molar-refractivity contribution in [2.24, 2.45) is 5.73 Å². The second-order valence-corrected chi connectivity index (χ2v) is 3.80. The minimum atomic E-state index is -0.474. The van der Waals surface area contributed by atoms with Crippen LogP contribution in [0.1, 0.15) is 12.5 Å². The lowest BCUT2D eigenvalue weighted by atomic mass is 10.1. The van der Waals surface area contributed by atoms with Gasteiger partial charge in [0.25, 0.3) is 0 Å². The van der Waals surface area contributed by atoms with Crippen LogP contribution in [0.5, 0.6) is 0 Å². The van der Waals surface area contributed by atoms with Gasteiger partial charge in [-0.05, 0) is 30.7 Å². The van der Waals surface area contributed by atoms with Crippen molar-refractivity contribution in [3.8, 4) is 0 Å². The number of fused-ring (bicyclic) bond motifs is 1. The molecule has 4 nitrogen and oxygen atoms in total. The van der Waals surface area contributed by atoms with Gasteiger partial charge in [-0.25, -0.2) is 0 Å². The fraction of sp³-hybridized carbons (Fsp3) is 0.250. The van der Waals surface area contributed by atoms with Crippen molar-refractivity contribution in [2.45, 2.75) is 19.5 Å². The van der Waals surface area contributed by atoms with Gasteiger partial charge in [-0.3, -0.25) is 4.79 Å². The Bertz CT molecular complexity index is 502. The van der Waals surface area contributed by atoms with Crippen LogP contribution < -0.4 is 11.1 Å². The molecular formula is C12H14N2O2. The maximum absolute atomic E-state index is 11.3. The van der Waals surface area contributed by atoms with E-state index in [1.165, 1.54) is 0 Å². The summed E-state index contributed by atoms with van der Waals surface area (Å²) in [5, 5.41) is 3.80. The van der Waals surface area contributed by atoms with Crippen molar-refractivity contribution in [1.82, 2.24) is 5.32 Å². The molecule has 3 N–H and O–H groups in total. The van der Waals surface area contributed by atoms with Gasteiger partial charge in [0.05, 0.1) is 12.3 Å². The van der Waals surface area contributed by atoms with Gasteiger partial charge >= 0.3 is 0 Å². The normalized spacial score (nSPS) is 12.6. The average molecular weight is 218 g/mol. The van der Waals surface area contributed by atoms with Crippen LogP contribution in [0.4, 0.5) is 0 Å². The monoisotopic (exact) mass is 218 g/mol. The molecule has 0 saturated heterocycles. The van der Waals surface area contributed by atoms with Gasteiger partial charge in [0.2, 0.25) is 5.91 Å². The molecule has 16 heavy (non-hydrogen) atoms. The Labute approximate surface area is 93.4 Å². The van der Waals surface area contributed by atoms with E-state index in [9.17, 15) is 4.79 Å². The van der Waals surface area contributed by atoms with E-state index in [4.69, 9.17) is 10.2 Å².